The van der Waals surface area contributed by atoms with Gasteiger partial charge in [0.25, 0.3) is 5.91 Å². The van der Waals surface area contributed by atoms with E-state index in [0.717, 1.165) is 24.7 Å². The van der Waals surface area contributed by atoms with Gasteiger partial charge in [-0.1, -0.05) is 0 Å². The number of thiazole rings is 1. The Hall–Kier alpha value is -0.550. The average molecular weight is 485 g/mol. The number of carbonyl (C=O) groups is 1. The van der Waals surface area contributed by atoms with Gasteiger partial charge < -0.3 is 16.0 Å². The molecule has 0 saturated heterocycles. The van der Waals surface area contributed by atoms with Gasteiger partial charge in [-0.15, -0.1) is 35.3 Å². The van der Waals surface area contributed by atoms with Crippen molar-refractivity contribution in [3.8, 4) is 0 Å². The molecule has 3 N–H and O–H groups in total. The lowest BCUT2D eigenvalue weighted by Gasteiger charge is -2.20. The second kappa shape index (κ2) is 11.9. The summed E-state index contributed by atoms with van der Waals surface area (Å²) in [6, 6.07) is 0. The third-order valence-electron chi connectivity index (χ3n) is 3.17. The third-order valence-corrected chi connectivity index (χ3v) is 5.33. The maximum absolute atomic E-state index is 12.0. The molecule has 0 spiro atoms. The van der Waals surface area contributed by atoms with Crippen LogP contribution >= 0.6 is 47.1 Å². The molecule has 1 rings (SSSR count). The number of amides is 1. The molecule has 0 bridgehead atoms. The second-order valence-corrected chi connectivity index (χ2v) is 7.98. The minimum absolute atomic E-state index is 0. The van der Waals surface area contributed by atoms with Crippen molar-refractivity contribution in [2.45, 2.75) is 32.4 Å². The van der Waals surface area contributed by atoms with Gasteiger partial charge in [-0.2, -0.15) is 11.8 Å². The van der Waals surface area contributed by atoms with Crippen LogP contribution in [0.5, 0.6) is 0 Å². The first-order valence-corrected chi connectivity index (χ1v) is 9.75. The number of thioether (sulfide) groups is 1. The van der Waals surface area contributed by atoms with E-state index in [9.17, 15) is 4.79 Å². The Morgan fingerprint density at radius 2 is 2.00 bits per heavy atom. The number of guanidine groups is 1. The molecule has 0 aliphatic rings. The summed E-state index contributed by atoms with van der Waals surface area (Å²) in [6.07, 6.45) is 2.09. The molecule has 0 fully saturated rings. The highest BCUT2D eigenvalue weighted by Crippen LogP contribution is 2.20. The van der Waals surface area contributed by atoms with Crippen molar-refractivity contribution in [3.63, 3.8) is 0 Å². The summed E-state index contributed by atoms with van der Waals surface area (Å²) in [7, 11) is 0. The molecule has 0 atom stereocenters. The highest BCUT2D eigenvalue weighted by atomic mass is 127. The summed E-state index contributed by atoms with van der Waals surface area (Å²) >= 11 is 3.16. The van der Waals surface area contributed by atoms with Crippen molar-refractivity contribution in [3.05, 3.63) is 16.1 Å². The van der Waals surface area contributed by atoms with E-state index in [0.29, 0.717) is 18.0 Å². The van der Waals surface area contributed by atoms with Crippen LogP contribution in [0.4, 0.5) is 0 Å². The van der Waals surface area contributed by atoms with E-state index in [1.807, 2.05) is 13.8 Å². The standard InChI is InChI=1S/C15H27N5OS2.HI/c1-6-16-14(19-9-15(3,4)22-5)18-8-7-17-13(21)12-11(2)20-10-23-12;/h10H,6-9H2,1-5H3,(H,17,21)(H2,16,18,19);1H. The number of hydrogen-bond donors (Lipinski definition) is 3. The van der Waals surface area contributed by atoms with E-state index >= 15 is 0 Å². The van der Waals surface area contributed by atoms with Gasteiger partial charge in [0.1, 0.15) is 4.88 Å². The van der Waals surface area contributed by atoms with Gasteiger partial charge in [0, 0.05) is 24.4 Å². The van der Waals surface area contributed by atoms with Crippen molar-refractivity contribution in [2.75, 3.05) is 32.4 Å². The number of aryl methyl sites for hydroxylation is 1. The maximum atomic E-state index is 12.0. The topological polar surface area (TPSA) is 78.4 Å². The Balaban J connectivity index is 0.00000529. The fraction of sp³-hybridized carbons (Fsp3) is 0.667. The Bertz CT molecular complexity index is 534. The molecule has 24 heavy (non-hydrogen) atoms. The zero-order valence-corrected chi connectivity index (χ0v) is 18.9. The summed E-state index contributed by atoms with van der Waals surface area (Å²) < 4.78 is 0.111. The smallest absolute Gasteiger partial charge is 0.263 e. The van der Waals surface area contributed by atoms with Gasteiger partial charge >= 0.3 is 0 Å². The van der Waals surface area contributed by atoms with Crippen LogP contribution in [0.25, 0.3) is 0 Å². The number of carbonyl (C=O) groups excluding carboxylic acids is 1. The lowest BCUT2D eigenvalue weighted by Crippen LogP contribution is -2.42. The Kier molecular flexibility index (Phi) is 11.6. The van der Waals surface area contributed by atoms with E-state index in [2.05, 4.69) is 46.0 Å². The monoisotopic (exact) mass is 485 g/mol. The fourth-order valence-electron chi connectivity index (χ4n) is 1.63. The summed E-state index contributed by atoms with van der Waals surface area (Å²) in [6.45, 7) is 10.9. The van der Waals surface area contributed by atoms with Crippen LogP contribution < -0.4 is 16.0 Å². The van der Waals surface area contributed by atoms with Crippen LogP contribution in [0, 0.1) is 6.92 Å². The molecular weight excluding hydrogens is 457 g/mol. The molecule has 0 aliphatic heterocycles. The lowest BCUT2D eigenvalue weighted by molar-refractivity contribution is 0.0957. The Morgan fingerprint density at radius 3 is 2.54 bits per heavy atom. The van der Waals surface area contributed by atoms with Crippen molar-refractivity contribution in [1.82, 2.24) is 20.9 Å². The number of aliphatic imine (C=N–C) groups is 1. The molecule has 9 heteroatoms. The molecule has 1 heterocycles. The maximum Gasteiger partial charge on any atom is 0.263 e. The minimum Gasteiger partial charge on any atom is -0.357 e. The Labute approximate surface area is 170 Å². The molecule has 0 unspecified atom stereocenters. The van der Waals surface area contributed by atoms with Crippen molar-refractivity contribution < 1.29 is 4.79 Å². The molecule has 0 saturated carbocycles. The number of aromatic nitrogens is 1. The largest absolute Gasteiger partial charge is 0.357 e. The van der Waals surface area contributed by atoms with Crippen LogP contribution in [0.2, 0.25) is 0 Å². The molecule has 0 aromatic carbocycles. The van der Waals surface area contributed by atoms with E-state index in [4.69, 9.17) is 0 Å². The molecule has 6 nitrogen and oxygen atoms in total. The normalized spacial score (nSPS) is 11.6. The predicted octanol–water partition coefficient (Wildman–Crippen LogP) is 2.50. The zero-order chi connectivity index (χ0) is 17.3. The van der Waals surface area contributed by atoms with Gasteiger partial charge in [0.05, 0.1) is 17.7 Å². The van der Waals surface area contributed by atoms with Crippen molar-refractivity contribution in [2.24, 2.45) is 4.99 Å². The first-order chi connectivity index (χ1) is 10.9. The molecule has 1 aromatic heterocycles. The van der Waals surface area contributed by atoms with E-state index in [1.165, 1.54) is 11.3 Å². The zero-order valence-electron chi connectivity index (χ0n) is 14.9. The van der Waals surface area contributed by atoms with Gasteiger partial charge in [0.15, 0.2) is 5.96 Å². The molecular formula is C15H28IN5OS2. The lowest BCUT2D eigenvalue weighted by atomic mass is 10.2. The first kappa shape index (κ1) is 23.4. The number of nitrogens with zero attached hydrogens (tertiary/aromatic N) is 2. The number of halogens is 1. The van der Waals surface area contributed by atoms with Gasteiger partial charge in [-0.05, 0) is 34.0 Å². The van der Waals surface area contributed by atoms with Crippen molar-refractivity contribution in [1.29, 1.82) is 0 Å². The summed E-state index contributed by atoms with van der Waals surface area (Å²) in [5, 5.41) is 9.34. The van der Waals surface area contributed by atoms with Gasteiger partial charge in [-0.3, -0.25) is 9.79 Å². The van der Waals surface area contributed by atoms with Gasteiger partial charge in [-0.25, -0.2) is 4.98 Å². The highest BCUT2D eigenvalue weighted by Gasteiger charge is 2.15. The van der Waals surface area contributed by atoms with Crippen LogP contribution in [0.3, 0.4) is 0 Å². The fourth-order valence-corrected chi connectivity index (χ4v) is 2.55. The third kappa shape index (κ3) is 8.52. The molecule has 1 aromatic rings. The van der Waals surface area contributed by atoms with E-state index < -0.39 is 0 Å². The van der Waals surface area contributed by atoms with Crippen molar-refractivity contribution >= 4 is 58.9 Å². The molecule has 0 radical (unpaired) electrons. The number of nitrogens with one attached hydrogen (secondary N) is 3. The van der Waals surface area contributed by atoms with Gasteiger partial charge in [0.2, 0.25) is 0 Å². The van der Waals surface area contributed by atoms with Crippen LogP contribution in [-0.2, 0) is 0 Å². The molecule has 1 amide bonds. The SMILES string of the molecule is CCNC(=NCC(C)(C)SC)NCCNC(=O)c1scnc1C.I. The van der Waals surface area contributed by atoms with Crippen LogP contribution in [-0.4, -0.2) is 54.0 Å². The highest BCUT2D eigenvalue weighted by molar-refractivity contribution is 14.0. The summed E-state index contributed by atoms with van der Waals surface area (Å²) in [4.78, 5) is 21.3. The summed E-state index contributed by atoms with van der Waals surface area (Å²) in [5.41, 5.74) is 2.46. The van der Waals surface area contributed by atoms with Crippen LogP contribution in [0.1, 0.15) is 36.1 Å². The summed E-state index contributed by atoms with van der Waals surface area (Å²) in [5.74, 6) is 0.704. The average Bonchev–Trinajstić information content (AvgIpc) is 2.95. The number of hydrogen-bond acceptors (Lipinski definition) is 5. The van der Waals surface area contributed by atoms with Crippen LogP contribution in [0.15, 0.2) is 10.5 Å². The van der Waals surface area contributed by atoms with E-state index in [-0.39, 0.29) is 34.6 Å². The minimum atomic E-state index is -0.0720. The molecule has 138 valence electrons. The second-order valence-electron chi connectivity index (χ2n) is 5.61. The van der Waals surface area contributed by atoms with E-state index in [1.54, 1.807) is 17.3 Å². The number of rotatable bonds is 8. The predicted molar refractivity (Wildman–Crippen MR) is 116 cm³/mol. The Morgan fingerprint density at radius 1 is 1.33 bits per heavy atom. The first-order valence-electron chi connectivity index (χ1n) is 7.65. The molecule has 0 aliphatic carbocycles. The quantitative estimate of drug-likeness (QED) is 0.228.